The van der Waals surface area contributed by atoms with Crippen LogP contribution in [0.5, 0.6) is 0 Å². The maximum Gasteiger partial charge on any atom is 0.0587 e. The van der Waals surface area contributed by atoms with Crippen LogP contribution in [0.2, 0.25) is 0 Å². The Balaban J connectivity index is 1.89. The van der Waals surface area contributed by atoms with Gasteiger partial charge in [-0.25, -0.2) is 0 Å². The smallest absolute Gasteiger partial charge is 0.0587 e. The minimum absolute atomic E-state index is 0.219. The molecule has 1 saturated heterocycles. The summed E-state index contributed by atoms with van der Waals surface area (Å²) in [6.45, 7) is 4.33. The number of methoxy groups -OCH3 is 1. The van der Waals surface area contributed by atoms with Crippen molar-refractivity contribution in [3.63, 3.8) is 0 Å². The fourth-order valence-corrected chi connectivity index (χ4v) is 2.51. The molecule has 1 aromatic heterocycles. The molecule has 2 heterocycles. The molecule has 5 nitrogen and oxygen atoms in total. The lowest BCUT2D eigenvalue weighted by Crippen LogP contribution is -2.38. The second kappa shape index (κ2) is 6.31. The largest absolute Gasteiger partial charge is 0.383 e. The quantitative estimate of drug-likeness (QED) is 0.723. The normalized spacial score (nSPS) is 23.7. The molecular weight excluding hydrogens is 230 g/mol. The van der Waals surface area contributed by atoms with Crippen molar-refractivity contribution >= 4 is 0 Å². The van der Waals surface area contributed by atoms with Crippen molar-refractivity contribution in [3.8, 4) is 0 Å². The summed E-state index contributed by atoms with van der Waals surface area (Å²) in [6.07, 6.45) is 6.19. The molecule has 1 atom stereocenters. The minimum Gasteiger partial charge on any atom is -0.383 e. The number of aryl methyl sites for hydroxylation is 1. The van der Waals surface area contributed by atoms with Gasteiger partial charge >= 0.3 is 0 Å². The van der Waals surface area contributed by atoms with Crippen molar-refractivity contribution in [2.45, 2.75) is 12.8 Å². The van der Waals surface area contributed by atoms with Crippen LogP contribution < -0.4 is 5.32 Å². The number of nitrogens with zero attached hydrogens (tertiary/aromatic N) is 2. The summed E-state index contributed by atoms with van der Waals surface area (Å²) in [5.41, 5.74) is 1.51. The van der Waals surface area contributed by atoms with E-state index >= 15 is 0 Å². The van der Waals surface area contributed by atoms with Gasteiger partial charge in [0, 0.05) is 45.5 Å². The number of aromatic nitrogens is 2. The van der Waals surface area contributed by atoms with Crippen molar-refractivity contribution in [1.82, 2.24) is 15.1 Å². The van der Waals surface area contributed by atoms with E-state index in [2.05, 4.69) is 16.6 Å². The van der Waals surface area contributed by atoms with Gasteiger partial charge in [-0.1, -0.05) is 0 Å². The molecule has 5 heteroatoms. The Bertz CT molecular complexity index is 359. The Labute approximate surface area is 108 Å². The van der Waals surface area contributed by atoms with E-state index in [-0.39, 0.29) is 5.41 Å². The lowest BCUT2D eigenvalue weighted by molar-refractivity contribution is 0.145. The average Bonchev–Trinajstić information content (AvgIpc) is 2.96. The van der Waals surface area contributed by atoms with Gasteiger partial charge < -0.3 is 14.8 Å². The molecule has 18 heavy (non-hydrogen) atoms. The summed E-state index contributed by atoms with van der Waals surface area (Å²) >= 11 is 0. The first kappa shape index (κ1) is 13.5. The Morgan fingerprint density at radius 2 is 2.50 bits per heavy atom. The van der Waals surface area contributed by atoms with Crippen LogP contribution in [0, 0.1) is 5.41 Å². The van der Waals surface area contributed by atoms with Gasteiger partial charge in [-0.2, -0.15) is 5.10 Å². The zero-order valence-corrected chi connectivity index (χ0v) is 11.3. The lowest BCUT2D eigenvalue weighted by atomic mass is 9.81. The first-order valence-corrected chi connectivity index (χ1v) is 6.49. The summed E-state index contributed by atoms with van der Waals surface area (Å²) in [5.74, 6) is 0. The van der Waals surface area contributed by atoms with Crippen LogP contribution in [0.1, 0.15) is 12.0 Å². The van der Waals surface area contributed by atoms with Gasteiger partial charge in [0.25, 0.3) is 0 Å². The molecule has 0 bridgehead atoms. The van der Waals surface area contributed by atoms with E-state index in [9.17, 15) is 0 Å². The molecule has 2 rings (SSSR count). The minimum atomic E-state index is 0.219. The molecule has 1 unspecified atom stereocenters. The Morgan fingerprint density at radius 3 is 3.11 bits per heavy atom. The van der Waals surface area contributed by atoms with E-state index < -0.39 is 0 Å². The fourth-order valence-electron chi connectivity index (χ4n) is 2.51. The van der Waals surface area contributed by atoms with Gasteiger partial charge in [0.1, 0.15) is 0 Å². The van der Waals surface area contributed by atoms with E-state index in [0.717, 1.165) is 45.8 Å². The predicted octanol–water partition coefficient (Wildman–Crippen LogP) is 0.605. The van der Waals surface area contributed by atoms with Crippen LogP contribution in [0.3, 0.4) is 0 Å². The molecule has 1 fully saturated rings. The standard InChI is InChI=1S/C13H23N3O2/c1-16-9-12(8-15-16)7-13(3-5-18-11-13)10-14-4-6-17-2/h8-9,14H,3-7,10-11H2,1-2H3. The molecule has 0 aliphatic carbocycles. The van der Waals surface area contributed by atoms with E-state index in [1.54, 1.807) is 7.11 Å². The molecule has 0 radical (unpaired) electrons. The van der Waals surface area contributed by atoms with Crippen molar-refractivity contribution < 1.29 is 9.47 Å². The third kappa shape index (κ3) is 3.54. The molecular formula is C13H23N3O2. The van der Waals surface area contributed by atoms with E-state index in [1.165, 1.54) is 5.56 Å². The third-order valence-corrected chi connectivity index (χ3v) is 3.51. The lowest BCUT2D eigenvalue weighted by Gasteiger charge is -2.27. The van der Waals surface area contributed by atoms with Crippen molar-refractivity contribution in [1.29, 1.82) is 0 Å². The van der Waals surface area contributed by atoms with Crippen LogP contribution in [-0.2, 0) is 22.9 Å². The van der Waals surface area contributed by atoms with Crippen LogP contribution >= 0.6 is 0 Å². The number of hydrogen-bond acceptors (Lipinski definition) is 4. The predicted molar refractivity (Wildman–Crippen MR) is 69.5 cm³/mol. The molecule has 102 valence electrons. The molecule has 1 N–H and O–H groups in total. The zero-order valence-electron chi connectivity index (χ0n) is 11.3. The maximum absolute atomic E-state index is 5.60. The monoisotopic (exact) mass is 253 g/mol. The number of ether oxygens (including phenoxy) is 2. The van der Waals surface area contributed by atoms with E-state index in [0.29, 0.717) is 0 Å². The molecule has 0 saturated carbocycles. The van der Waals surface area contributed by atoms with Crippen LogP contribution in [0.15, 0.2) is 12.4 Å². The SMILES string of the molecule is COCCNCC1(Cc2cnn(C)c2)CCOC1. The molecule has 1 aliphatic heterocycles. The molecule has 0 aromatic carbocycles. The highest BCUT2D eigenvalue weighted by Gasteiger charge is 2.34. The maximum atomic E-state index is 5.60. The van der Waals surface area contributed by atoms with Gasteiger partial charge in [0.05, 0.1) is 19.4 Å². The van der Waals surface area contributed by atoms with Crippen LogP contribution in [0.25, 0.3) is 0 Å². The topological polar surface area (TPSA) is 48.3 Å². The first-order chi connectivity index (χ1) is 8.74. The summed E-state index contributed by atoms with van der Waals surface area (Å²) in [4.78, 5) is 0. The van der Waals surface area contributed by atoms with Crippen molar-refractivity contribution in [2.75, 3.05) is 40.0 Å². The van der Waals surface area contributed by atoms with Crippen LogP contribution in [0.4, 0.5) is 0 Å². The van der Waals surface area contributed by atoms with Crippen LogP contribution in [-0.4, -0.2) is 49.8 Å². The highest BCUT2D eigenvalue weighted by atomic mass is 16.5. The van der Waals surface area contributed by atoms with Gasteiger partial charge in [-0.05, 0) is 18.4 Å². The summed E-state index contributed by atoms with van der Waals surface area (Å²) in [5, 5.41) is 7.70. The number of hydrogen-bond donors (Lipinski definition) is 1. The number of nitrogens with one attached hydrogen (secondary N) is 1. The molecule has 0 amide bonds. The number of rotatable bonds is 7. The van der Waals surface area contributed by atoms with Crippen molar-refractivity contribution in [3.05, 3.63) is 18.0 Å². The zero-order chi connectivity index (χ0) is 12.8. The Morgan fingerprint density at radius 1 is 1.61 bits per heavy atom. The third-order valence-electron chi connectivity index (χ3n) is 3.51. The van der Waals surface area contributed by atoms with E-state index in [1.807, 2.05) is 17.9 Å². The summed E-state index contributed by atoms with van der Waals surface area (Å²) in [6, 6.07) is 0. The Hall–Kier alpha value is -0.910. The first-order valence-electron chi connectivity index (χ1n) is 6.49. The Kier molecular flexibility index (Phi) is 4.74. The van der Waals surface area contributed by atoms with Crippen molar-refractivity contribution in [2.24, 2.45) is 12.5 Å². The summed E-state index contributed by atoms with van der Waals surface area (Å²) < 4.78 is 12.5. The van der Waals surface area contributed by atoms with Gasteiger partial charge in [-0.3, -0.25) is 4.68 Å². The van der Waals surface area contributed by atoms with Gasteiger partial charge in [0.15, 0.2) is 0 Å². The summed E-state index contributed by atoms with van der Waals surface area (Å²) in [7, 11) is 3.68. The average molecular weight is 253 g/mol. The second-order valence-corrected chi connectivity index (χ2v) is 5.17. The molecule has 1 aliphatic rings. The van der Waals surface area contributed by atoms with Gasteiger partial charge in [0.2, 0.25) is 0 Å². The fraction of sp³-hybridized carbons (Fsp3) is 0.769. The second-order valence-electron chi connectivity index (χ2n) is 5.17. The highest BCUT2D eigenvalue weighted by molar-refractivity contribution is 5.09. The molecule has 1 aromatic rings. The van der Waals surface area contributed by atoms with Gasteiger partial charge in [-0.15, -0.1) is 0 Å². The molecule has 0 spiro atoms. The highest BCUT2D eigenvalue weighted by Crippen LogP contribution is 2.31. The van der Waals surface area contributed by atoms with E-state index in [4.69, 9.17) is 9.47 Å².